The van der Waals surface area contributed by atoms with Crippen LogP contribution in [0.25, 0.3) is 6.08 Å². The zero-order valence-electron chi connectivity index (χ0n) is 16.3. The predicted octanol–water partition coefficient (Wildman–Crippen LogP) is 4.25. The van der Waals surface area contributed by atoms with Crippen molar-refractivity contribution in [3.8, 4) is 0 Å². The van der Waals surface area contributed by atoms with Crippen LogP contribution in [0, 0.1) is 5.92 Å². The van der Waals surface area contributed by atoms with Gasteiger partial charge in [-0.25, -0.2) is 9.69 Å². The van der Waals surface area contributed by atoms with Crippen molar-refractivity contribution >= 4 is 52.1 Å². The predicted molar refractivity (Wildman–Crippen MR) is 121 cm³/mol. The molecule has 1 fully saturated rings. The summed E-state index contributed by atoms with van der Waals surface area (Å²) in [4.78, 5) is 15.7. The number of hydrogen-bond donors (Lipinski definition) is 0. The number of fused-ring (bicyclic) bond motifs is 1. The van der Waals surface area contributed by atoms with Crippen LogP contribution in [0.3, 0.4) is 0 Å². The number of hydrogen-bond acceptors (Lipinski definition) is 8. The van der Waals surface area contributed by atoms with Crippen LogP contribution in [0.15, 0.2) is 50.9 Å². The SMILES string of the molecule is Cn1nnnc1SCC(=O)N1N=C2C(=Cc3cccs3)CCCC2C1c1cccs1. The molecule has 0 spiro atoms. The Morgan fingerprint density at radius 1 is 1.30 bits per heavy atom. The van der Waals surface area contributed by atoms with E-state index in [0.29, 0.717) is 5.16 Å². The lowest BCUT2D eigenvalue weighted by atomic mass is 9.79. The highest BCUT2D eigenvalue weighted by Gasteiger charge is 2.44. The third kappa shape index (κ3) is 3.75. The molecule has 2 aliphatic rings. The second kappa shape index (κ2) is 8.44. The lowest BCUT2D eigenvalue weighted by molar-refractivity contribution is -0.130. The average Bonchev–Trinajstić information content (AvgIpc) is 3.53. The van der Waals surface area contributed by atoms with E-state index in [1.807, 2.05) is 6.07 Å². The minimum Gasteiger partial charge on any atom is -0.272 e. The molecule has 1 aliphatic carbocycles. The van der Waals surface area contributed by atoms with Crippen molar-refractivity contribution < 1.29 is 4.79 Å². The molecule has 2 atom stereocenters. The first kappa shape index (κ1) is 19.7. The summed E-state index contributed by atoms with van der Waals surface area (Å²) in [6, 6.07) is 8.33. The van der Waals surface area contributed by atoms with E-state index in [2.05, 4.69) is 50.6 Å². The van der Waals surface area contributed by atoms with E-state index in [4.69, 9.17) is 5.10 Å². The van der Waals surface area contributed by atoms with E-state index >= 15 is 0 Å². The Bertz CT molecular complexity index is 1090. The zero-order valence-corrected chi connectivity index (χ0v) is 18.8. The average molecular weight is 457 g/mol. The number of carbonyl (C=O) groups excluding carboxylic acids is 1. The first-order valence-corrected chi connectivity index (χ1v) is 12.5. The van der Waals surface area contributed by atoms with Gasteiger partial charge in [0.25, 0.3) is 5.91 Å². The highest BCUT2D eigenvalue weighted by Crippen LogP contribution is 2.45. The monoisotopic (exact) mass is 456 g/mol. The molecule has 30 heavy (non-hydrogen) atoms. The molecule has 3 aromatic rings. The molecule has 1 amide bonds. The molecule has 4 heterocycles. The number of amides is 1. The maximum absolute atomic E-state index is 13.2. The largest absolute Gasteiger partial charge is 0.272 e. The summed E-state index contributed by atoms with van der Waals surface area (Å²) in [5.41, 5.74) is 2.34. The molecule has 0 N–H and O–H groups in total. The van der Waals surface area contributed by atoms with Gasteiger partial charge in [0.05, 0.1) is 17.5 Å². The molecule has 5 rings (SSSR count). The summed E-state index contributed by atoms with van der Waals surface area (Å²) in [7, 11) is 1.77. The van der Waals surface area contributed by atoms with Gasteiger partial charge in [-0.2, -0.15) is 5.10 Å². The molecule has 10 heteroatoms. The van der Waals surface area contributed by atoms with Gasteiger partial charge in [0.1, 0.15) is 0 Å². The van der Waals surface area contributed by atoms with Crippen molar-refractivity contribution in [3.63, 3.8) is 0 Å². The zero-order chi connectivity index (χ0) is 20.5. The minimum atomic E-state index is -0.0299. The summed E-state index contributed by atoms with van der Waals surface area (Å²) in [5.74, 6) is 0.483. The van der Waals surface area contributed by atoms with Crippen LogP contribution in [-0.2, 0) is 11.8 Å². The first-order valence-electron chi connectivity index (χ1n) is 9.74. The summed E-state index contributed by atoms with van der Waals surface area (Å²) in [5, 5.41) is 22.8. The molecular weight excluding hydrogens is 436 g/mol. The molecule has 0 radical (unpaired) electrons. The van der Waals surface area contributed by atoms with Crippen LogP contribution in [0.1, 0.15) is 35.1 Å². The highest BCUT2D eigenvalue weighted by molar-refractivity contribution is 7.99. The molecule has 1 aliphatic heterocycles. The normalized spacial score (nSPS) is 22.4. The standard InChI is InChI=1S/C20H20N6OS3/c1-25-20(21-23-24-25)30-12-17(27)26-19(16-8-4-10-29-16)15-7-2-5-13(18(15)22-26)11-14-6-3-9-28-14/h3-4,6,8-11,15,19H,2,5,7,12H2,1H3. The number of aryl methyl sites for hydroxylation is 1. The van der Waals surface area contributed by atoms with E-state index in [-0.39, 0.29) is 23.6 Å². The van der Waals surface area contributed by atoms with Crippen molar-refractivity contribution in [3.05, 3.63) is 50.4 Å². The molecule has 154 valence electrons. The van der Waals surface area contributed by atoms with E-state index in [1.165, 1.54) is 27.1 Å². The number of thioether (sulfide) groups is 1. The van der Waals surface area contributed by atoms with Gasteiger partial charge >= 0.3 is 0 Å². The van der Waals surface area contributed by atoms with Gasteiger partial charge in [-0.05, 0) is 64.2 Å². The lowest BCUT2D eigenvalue weighted by Gasteiger charge is -2.28. The van der Waals surface area contributed by atoms with E-state index in [9.17, 15) is 4.79 Å². The Balaban J connectivity index is 1.45. The first-order chi connectivity index (χ1) is 14.7. The second-order valence-electron chi connectivity index (χ2n) is 7.24. The Morgan fingerprint density at radius 3 is 2.90 bits per heavy atom. The van der Waals surface area contributed by atoms with Crippen LogP contribution in [0.2, 0.25) is 0 Å². The van der Waals surface area contributed by atoms with Crippen molar-refractivity contribution in [2.75, 3.05) is 5.75 Å². The van der Waals surface area contributed by atoms with Crippen LogP contribution in [0.4, 0.5) is 0 Å². The molecule has 7 nitrogen and oxygen atoms in total. The quantitative estimate of drug-likeness (QED) is 0.537. The van der Waals surface area contributed by atoms with Crippen molar-refractivity contribution in [2.24, 2.45) is 18.1 Å². The van der Waals surface area contributed by atoms with Gasteiger partial charge < -0.3 is 0 Å². The molecule has 0 saturated heterocycles. The van der Waals surface area contributed by atoms with Crippen LogP contribution in [0.5, 0.6) is 0 Å². The van der Waals surface area contributed by atoms with Gasteiger partial charge in [-0.15, -0.1) is 27.8 Å². The Morgan fingerprint density at radius 2 is 2.17 bits per heavy atom. The maximum atomic E-state index is 13.2. The Labute approximate surface area is 186 Å². The van der Waals surface area contributed by atoms with Crippen molar-refractivity contribution in [2.45, 2.75) is 30.5 Å². The molecular formula is C20H20N6OS3. The molecule has 3 aromatic heterocycles. The molecule has 2 unspecified atom stereocenters. The fourth-order valence-electron chi connectivity index (χ4n) is 4.03. The van der Waals surface area contributed by atoms with Crippen LogP contribution < -0.4 is 0 Å². The van der Waals surface area contributed by atoms with Crippen LogP contribution in [-0.4, -0.2) is 42.6 Å². The number of aromatic nitrogens is 4. The van der Waals surface area contributed by atoms with E-state index in [0.717, 1.165) is 25.0 Å². The smallest absolute Gasteiger partial charge is 0.253 e. The number of rotatable bonds is 5. The third-order valence-corrected chi connectivity index (χ3v) is 8.12. The van der Waals surface area contributed by atoms with Gasteiger partial charge in [-0.3, -0.25) is 4.79 Å². The summed E-state index contributed by atoms with van der Waals surface area (Å²) < 4.78 is 1.58. The van der Waals surface area contributed by atoms with Gasteiger partial charge in [0.15, 0.2) is 0 Å². The minimum absolute atomic E-state index is 0.0150. The molecule has 0 aromatic carbocycles. The van der Waals surface area contributed by atoms with E-state index < -0.39 is 0 Å². The number of tetrazole rings is 1. The number of thiophene rings is 2. The van der Waals surface area contributed by atoms with Gasteiger partial charge in [0.2, 0.25) is 5.16 Å². The second-order valence-corrected chi connectivity index (χ2v) is 10.1. The number of carbonyl (C=O) groups is 1. The number of hydrazone groups is 1. The van der Waals surface area contributed by atoms with Gasteiger partial charge in [-0.1, -0.05) is 23.9 Å². The van der Waals surface area contributed by atoms with Crippen molar-refractivity contribution in [1.29, 1.82) is 0 Å². The molecule has 1 saturated carbocycles. The number of nitrogens with zero attached hydrogens (tertiary/aromatic N) is 6. The lowest BCUT2D eigenvalue weighted by Crippen LogP contribution is -2.32. The van der Waals surface area contributed by atoms with E-state index in [1.54, 1.807) is 39.4 Å². The fourth-order valence-corrected chi connectivity index (χ4v) is 6.29. The Kier molecular flexibility index (Phi) is 5.53. The summed E-state index contributed by atoms with van der Waals surface area (Å²) >= 11 is 4.77. The summed E-state index contributed by atoms with van der Waals surface area (Å²) in [6.45, 7) is 0. The highest BCUT2D eigenvalue weighted by atomic mass is 32.2. The van der Waals surface area contributed by atoms with Crippen molar-refractivity contribution in [1.82, 2.24) is 25.2 Å². The summed E-state index contributed by atoms with van der Waals surface area (Å²) in [6.07, 6.45) is 5.42. The fraction of sp³-hybridized carbons (Fsp3) is 0.350. The van der Waals surface area contributed by atoms with Gasteiger partial charge in [0, 0.05) is 22.7 Å². The third-order valence-electron chi connectivity index (χ3n) is 5.36. The van der Waals surface area contributed by atoms with Crippen LogP contribution >= 0.6 is 34.4 Å². The maximum Gasteiger partial charge on any atom is 0.253 e. The molecule has 0 bridgehead atoms. The Hall–Kier alpha value is -2.30. The number of allylic oxidation sites excluding steroid dienone is 1. The topological polar surface area (TPSA) is 76.3 Å².